The standard InChI is InChI=1S/2C24H31N3O2S.2C23H29N2O4P.5CH4/c2*1-16-10-12-27(22(13-16)18-5-7-19(8-6-18)30(4,25)28)15-21-20-9-11-26-24(20)17(2)14-23(21)29-3;2*1-15-9-11-25(21(12-15)17-4-6-18(7-5-17)30(26,27)28)14-20-19-8-10-24-23(19)16(2)13-22(20)29-3;;;;;/h2*5-9,11,14,16,22,25-26H,10,12-13,15H2,1-4H3;2*4-8,10,13,15,21,24H,9,11-12,14H2,1-3H3,(H2,26,27,28);5*1H4/t16-,22+,30+;16-,22+,30-;2*15-,21+;;;;;/m1110...../s1. The van der Waals surface area contributed by atoms with Gasteiger partial charge in [-0.3, -0.25) is 28.7 Å². The number of ether oxygens (including phenoxy) is 4. The van der Waals surface area contributed by atoms with Gasteiger partial charge in [-0.25, -0.2) is 18.0 Å². The number of benzene rings is 8. The summed E-state index contributed by atoms with van der Waals surface area (Å²) in [7, 11) is -6.91. The molecule has 0 radical (unpaired) electrons. The number of hydrogen-bond acceptors (Lipinski definition) is 14. The molecule has 16 rings (SSSR count). The Morgan fingerprint density at radius 3 is 0.744 bits per heavy atom. The molecule has 0 unspecified atom stereocenters. The van der Waals surface area contributed by atoms with Crippen molar-refractivity contribution in [1.82, 2.24) is 39.5 Å². The van der Waals surface area contributed by atoms with E-state index in [9.17, 15) is 37.1 Å². The normalized spacial score (nSPS) is 20.5. The molecule has 0 saturated carbocycles. The van der Waals surface area contributed by atoms with Gasteiger partial charge in [-0.05, 0) is 270 Å². The molecule has 22 nitrogen and oxygen atoms in total. The summed E-state index contributed by atoms with van der Waals surface area (Å²) in [5.74, 6) is 6.18. The number of piperidine rings is 4. The minimum Gasteiger partial charge on any atom is -0.496 e. The second-order valence-electron chi connectivity index (χ2n) is 34.1. The topological polar surface area (TPSA) is 310 Å². The second kappa shape index (κ2) is 42.8. The molecule has 4 fully saturated rings. The minimum absolute atomic E-state index is 0. The van der Waals surface area contributed by atoms with Crippen LogP contribution < -0.4 is 29.6 Å². The Hall–Kier alpha value is -8.84. The molecule has 4 saturated heterocycles. The molecule has 680 valence electrons. The van der Waals surface area contributed by atoms with Crippen molar-refractivity contribution in [3.8, 4) is 23.0 Å². The Labute approximate surface area is 744 Å². The predicted octanol–water partition coefficient (Wildman–Crippen LogP) is 22.7. The molecule has 0 spiro atoms. The molecule has 10 N–H and O–H groups in total. The molecule has 26 heteroatoms. The zero-order chi connectivity index (χ0) is 85.9. The van der Waals surface area contributed by atoms with Gasteiger partial charge >= 0.3 is 15.2 Å². The highest BCUT2D eigenvalue weighted by molar-refractivity contribution is 7.92. The summed E-state index contributed by atoms with van der Waals surface area (Å²) in [5, 5.41) is 4.94. The number of H-pyrrole nitrogens is 4. The number of aromatic nitrogens is 4. The van der Waals surface area contributed by atoms with Crippen LogP contribution in [0.1, 0.15) is 207 Å². The molecule has 8 heterocycles. The lowest BCUT2D eigenvalue weighted by atomic mass is 9.87. The Morgan fingerprint density at radius 1 is 0.360 bits per heavy atom. The van der Waals surface area contributed by atoms with E-state index in [1.807, 2.05) is 73.3 Å². The van der Waals surface area contributed by atoms with Crippen LogP contribution in [0, 0.1) is 60.9 Å². The van der Waals surface area contributed by atoms with Crippen LogP contribution in [0.2, 0.25) is 0 Å². The maximum Gasteiger partial charge on any atom is 0.356 e. The van der Waals surface area contributed by atoms with E-state index in [0.29, 0.717) is 45.5 Å². The molecule has 0 amide bonds. The third-order valence-electron chi connectivity index (χ3n) is 25.3. The lowest BCUT2D eigenvalue weighted by Gasteiger charge is -2.39. The molecular weight excluding hydrogens is 1650 g/mol. The molecular formula is C99H140N10O12P2S2. The first-order valence-corrected chi connectivity index (χ1v) is 48.8. The number of nitrogens with zero attached hydrogens (tertiary/aromatic N) is 4. The van der Waals surface area contributed by atoms with Crippen molar-refractivity contribution in [1.29, 1.82) is 9.56 Å². The Balaban J connectivity index is 0.000000204. The van der Waals surface area contributed by atoms with Crippen LogP contribution in [0.3, 0.4) is 0 Å². The zero-order valence-electron chi connectivity index (χ0n) is 71.7. The number of aromatic amines is 4. The highest BCUT2D eigenvalue weighted by Crippen LogP contribution is 2.46. The number of likely N-dealkylation sites (tertiary alicyclic amines) is 4. The molecule has 4 aromatic heterocycles. The van der Waals surface area contributed by atoms with E-state index in [2.05, 4.69) is 168 Å². The predicted molar refractivity (Wildman–Crippen MR) is 517 cm³/mol. The summed E-state index contributed by atoms with van der Waals surface area (Å²) in [6.45, 7) is 24.7. The van der Waals surface area contributed by atoms with Gasteiger partial charge in [-0.15, -0.1) is 0 Å². The van der Waals surface area contributed by atoms with Gasteiger partial charge < -0.3 is 58.5 Å². The fourth-order valence-electron chi connectivity index (χ4n) is 18.5. The SMILES string of the molecule is C.C.C.C.C.COc1cc(C)c2[nH]ccc2c1CN1CC[C@@H](C)C[C@H]1c1ccc(P(=O)(O)O)cc1.COc1cc(C)c2[nH]ccc2c1CN1CC[C@@H](C)C[C@H]1c1ccc([S@@](C)(=N)=O)cc1.COc1cc(C)c2[nH]ccc2c1CN1CC[C@@H](C)C[C@H]1c1ccc([S@](C)(=N)=O)cc1.COc1cc(C)c2[nH]ccc2c1CN1CC[C@H](C)C[C@@H]1c1ccc(P(=O)(O)O)cc1. The van der Waals surface area contributed by atoms with Gasteiger partial charge in [0, 0.05) is 163 Å². The van der Waals surface area contributed by atoms with Gasteiger partial charge in [0.25, 0.3) is 0 Å². The number of aryl methyl sites for hydroxylation is 4. The van der Waals surface area contributed by atoms with Gasteiger partial charge in [0.1, 0.15) is 23.0 Å². The number of nitrogens with one attached hydrogen (secondary N) is 6. The maximum absolute atomic E-state index is 12.1. The van der Waals surface area contributed by atoms with Crippen molar-refractivity contribution in [2.24, 2.45) is 23.7 Å². The highest BCUT2D eigenvalue weighted by Gasteiger charge is 2.35. The first-order valence-electron chi connectivity index (χ1n) is 41.6. The van der Waals surface area contributed by atoms with Crippen molar-refractivity contribution < 1.29 is 56.1 Å². The molecule has 4 aliphatic heterocycles. The number of fused-ring (bicyclic) bond motifs is 4. The summed E-state index contributed by atoms with van der Waals surface area (Å²) >= 11 is 0. The summed E-state index contributed by atoms with van der Waals surface area (Å²) in [6.07, 6.45) is 19.7. The summed E-state index contributed by atoms with van der Waals surface area (Å²) in [6, 6.07) is 47.3. The average Bonchev–Trinajstić information content (AvgIpc) is 1.74. The molecule has 0 bridgehead atoms. The van der Waals surface area contributed by atoms with Gasteiger partial charge in [0.05, 0.1) is 58.5 Å². The van der Waals surface area contributed by atoms with Gasteiger partial charge in [-0.1, -0.05) is 113 Å². The van der Waals surface area contributed by atoms with E-state index in [-0.39, 0.29) is 59.8 Å². The number of methoxy groups -OCH3 is 4. The summed E-state index contributed by atoms with van der Waals surface area (Å²) < 4.78 is 85.9. The Morgan fingerprint density at radius 2 is 0.560 bits per heavy atom. The minimum atomic E-state index is -4.23. The largest absolute Gasteiger partial charge is 0.496 e. The summed E-state index contributed by atoms with van der Waals surface area (Å²) in [5.41, 5.74) is 18.7. The van der Waals surface area contributed by atoms with Crippen molar-refractivity contribution in [3.05, 3.63) is 237 Å². The number of rotatable bonds is 20. The van der Waals surface area contributed by atoms with Gasteiger partial charge in [0.2, 0.25) is 0 Å². The first kappa shape index (κ1) is 102. The average molecular weight is 1790 g/mol. The summed E-state index contributed by atoms with van der Waals surface area (Å²) in [4.78, 5) is 62.3. The molecule has 4 aliphatic rings. The number of hydrogen-bond donors (Lipinski definition) is 10. The maximum atomic E-state index is 12.1. The Bertz CT molecular complexity index is 5560. The molecule has 10 atom stereocenters. The van der Waals surface area contributed by atoms with Crippen molar-refractivity contribution >= 4 is 88.9 Å². The zero-order valence-corrected chi connectivity index (χ0v) is 75.1. The third-order valence-corrected chi connectivity index (χ3v) is 29.6. The van der Waals surface area contributed by atoms with Crippen molar-refractivity contribution in [2.45, 2.75) is 204 Å². The van der Waals surface area contributed by atoms with Crippen LogP contribution in [0.25, 0.3) is 43.6 Å². The van der Waals surface area contributed by atoms with Crippen LogP contribution in [0.15, 0.2) is 180 Å². The van der Waals surface area contributed by atoms with E-state index in [0.717, 1.165) is 147 Å². The Kier molecular flexibility index (Phi) is 34.8. The smallest absolute Gasteiger partial charge is 0.356 e. The molecule has 0 aliphatic carbocycles. The fraction of sp³-hybridized carbons (Fsp3) is 0.434. The van der Waals surface area contributed by atoms with Crippen LogP contribution >= 0.6 is 15.2 Å². The first-order chi connectivity index (χ1) is 57.1. The monoisotopic (exact) mass is 1790 g/mol. The van der Waals surface area contributed by atoms with E-state index in [4.69, 9.17) is 28.5 Å². The van der Waals surface area contributed by atoms with Crippen molar-refractivity contribution in [2.75, 3.05) is 67.1 Å². The van der Waals surface area contributed by atoms with Crippen LogP contribution in [-0.4, -0.2) is 135 Å². The third kappa shape index (κ3) is 23.4. The fourth-order valence-corrected chi connectivity index (χ4v) is 20.9. The van der Waals surface area contributed by atoms with Gasteiger partial charge in [0.15, 0.2) is 0 Å². The van der Waals surface area contributed by atoms with Crippen LogP contribution in [0.5, 0.6) is 23.0 Å². The molecule has 125 heavy (non-hydrogen) atoms. The van der Waals surface area contributed by atoms with Crippen molar-refractivity contribution in [3.63, 3.8) is 0 Å². The molecule has 8 aromatic carbocycles. The molecule has 12 aromatic rings. The van der Waals surface area contributed by atoms with E-state index >= 15 is 0 Å². The van der Waals surface area contributed by atoms with E-state index in [1.165, 1.54) is 102 Å². The van der Waals surface area contributed by atoms with E-state index < -0.39 is 34.6 Å². The van der Waals surface area contributed by atoms with Crippen LogP contribution in [0.4, 0.5) is 0 Å². The van der Waals surface area contributed by atoms with E-state index in [1.54, 1.807) is 52.7 Å². The lowest BCUT2D eigenvalue weighted by Crippen LogP contribution is -2.36. The lowest BCUT2D eigenvalue weighted by molar-refractivity contribution is 0.110. The second-order valence-corrected chi connectivity index (χ2v) is 41.6. The quantitative estimate of drug-likeness (QED) is 0.0317. The highest BCUT2D eigenvalue weighted by atomic mass is 32.2. The van der Waals surface area contributed by atoms with Crippen LogP contribution in [-0.2, 0) is 54.8 Å². The van der Waals surface area contributed by atoms with Gasteiger partial charge in [-0.2, -0.15) is 0 Å².